The summed E-state index contributed by atoms with van der Waals surface area (Å²) in [6.45, 7) is 4.59. The van der Waals surface area contributed by atoms with Crippen molar-refractivity contribution >= 4 is 56.6 Å². The zero-order chi connectivity index (χ0) is 24.2. The highest BCUT2D eigenvalue weighted by Gasteiger charge is 2.26. The van der Waals surface area contributed by atoms with E-state index in [1.807, 2.05) is 30.3 Å². The summed E-state index contributed by atoms with van der Waals surface area (Å²) in [5, 5.41) is 5.19. The fourth-order valence-electron chi connectivity index (χ4n) is 4.04. The van der Waals surface area contributed by atoms with Crippen molar-refractivity contribution in [1.29, 1.82) is 0 Å². The molecule has 0 spiro atoms. The molecule has 0 bridgehead atoms. The number of morpholine rings is 1. The van der Waals surface area contributed by atoms with Crippen molar-refractivity contribution in [2.45, 2.75) is 6.42 Å². The van der Waals surface area contributed by atoms with E-state index in [1.54, 1.807) is 30.2 Å². The molecule has 5 rings (SSSR count). The molecule has 1 amide bonds. The highest BCUT2D eigenvalue weighted by atomic mass is 35.5. The number of thiazole rings is 1. The fraction of sp³-hybridized carbons (Fsp3) is 0.320. The molecule has 0 aliphatic carbocycles. The van der Waals surface area contributed by atoms with Crippen molar-refractivity contribution in [2.75, 3.05) is 51.4 Å². The molecule has 0 N–H and O–H groups in total. The van der Waals surface area contributed by atoms with Gasteiger partial charge in [-0.3, -0.25) is 14.6 Å². The normalized spacial score (nSPS) is 13.9. The number of halogens is 2. The van der Waals surface area contributed by atoms with Gasteiger partial charge in [-0.15, -0.1) is 12.4 Å². The predicted octanol–water partition coefficient (Wildman–Crippen LogP) is 5.40. The smallest absolute Gasteiger partial charge is 0.282 e. The molecule has 190 valence electrons. The molecule has 36 heavy (non-hydrogen) atoms. The molecule has 4 aromatic rings. The number of anilines is 1. The van der Waals surface area contributed by atoms with Gasteiger partial charge in [-0.1, -0.05) is 58.4 Å². The minimum absolute atomic E-state index is 0. The first-order chi connectivity index (χ1) is 17.1. The van der Waals surface area contributed by atoms with Crippen LogP contribution in [0.2, 0.25) is 5.02 Å². The third-order valence-electron chi connectivity index (χ3n) is 5.89. The molecular weight excluding hydrogens is 523 g/mol. The summed E-state index contributed by atoms with van der Waals surface area (Å²) in [7, 11) is 1.59. The molecule has 1 fully saturated rings. The number of carbonyl (C=O) groups excluding carboxylic acids is 1. The molecule has 8 nitrogen and oxygen atoms in total. The number of ether oxygens (including phenoxy) is 2. The van der Waals surface area contributed by atoms with Gasteiger partial charge >= 0.3 is 0 Å². The number of methoxy groups -OCH3 is 1. The van der Waals surface area contributed by atoms with Gasteiger partial charge in [-0.25, -0.2) is 4.98 Å². The number of carbonyl (C=O) groups is 1. The summed E-state index contributed by atoms with van der Waals surface area (Å²) >= 11 is 7.81. The highest BCUT2D eigenvalue weighted by molar-refractivity contribution is 7.23. The first kappa shape index (κ1) is 26.4. The van der Waals surface area contributed by atoms with E-state index in [9.17, 15) is 4.79 Å². The van der Waals surface area contributed by atoms with Crippen LogP contribution in [0.3, 0.4) is 0 Å². The maximum absolute atomic E-state index is 13.7. The average Bonchev–Trinajstić information content (AvgIpc) is 3.57. The summed E-state index contributed by atoms with van der Waals surface area (Å²) in [5.74, 6) is 0.878. The van der Waals surface area contributed by atoms with Crippen LogP contribution in [-0.4, -0.2) is 67.5 Å². The minimum atomic E-state index is -0.271. The van der Waals surface area contributed by atoms with Crippen molar-refractivity contribution in [1.82, 2.24) is 15.0 Å². The van der Waals surface area contributed by atoms with Crippen LogP contribution in [0.15, 0.2) is 53.1 Å². The molecule has 1 saturated heterocycles. The minimum Gasteiger partial charge on any atom is -0.494 e. The van der Waals surface area contributed by atoms with Crippen LogP contribution < -0.4 is 9.64 Å². The van der Waals surface area contributed by atoms with Crippen LogP contribution in [0.1, 0.15) is 16.9 Å². The Morgan fingerprint density at radius 3 is 2.72 bits per heavy atom. The Bertz CT molecular complexity index is 1310. The molecule has 3 heterocycles. The molecule has 0 unspecified atom stereocenters. The highest BCUT2D eigenvalue weighted by Crippen LogP contribution is 2.39. The van der Waals surface area contributed by atoms with E-state index in [4.69, 9.17) is 30.6 Å². The van der Waals surface area contributed by atoms with Crippen molar-refractivity contribution in [3.8, 4) is 17.1 Å². The largest absolute Gasteiger partial charge is 0.494 e. The number of fused-ring (bicyclic) bond motifs is 1. The van der Waals surface area contributed by atoms with E-state index in [2.05, 4.69) is 10.1 Å². The van der Waals surface area contributed by atoms with Crippen LogP contribution in [0, 0.1) is 0 Å². The Labute approximate surface area is 224 Å². The Balaban J connectivity index is 0.00000304. The molecule has 1 aliphatic rings. The van der Waals surface area contributed by atoms with Gasteiger partial charge in [0.25, 0.3) is 5.91 Å². The number of aromatic nitrogens is 2. The van der Waals surface area contributed by atoms with Crippen LogP contribution in [0.5, 0.6) is 5.75 Å². The number of nitrogens with zero attached hydrogens (tertiary/aromatic N) is 4. The van der Waals surface area contributed by atoms with E-state index < -0.39 is 0 Å². The van der Waals surface area contributed by atoms with Gasteiger partial charge in [0.1, 0.15) is 11.3 Å². The Morgan fingerprint density at radius 2 is 1.97 bits per heavy atom. The predicted molar refractivity (Wildman–Crippen MR) is 144 cm³/mol. The van der Waals surface area contributed by atoms with E-state index in [0.717, 1.165) is 49.5 Å². The molecule has 1 aliphatic heterocycles. The summed E-state index contributed by atoms with van der Waals surface area (Å²) in [6, 6.07) is 14.8. The van der Waals surface area contributed by atoms with Gasteiger partial charge in [0, 0.05) is 37.8 Å². The van der Waals surface area contributed by atoms with Gasteiger partial charge in [0.05, 0.1) is 30.0 Å². The van der Waals surface area contributed by atoms with Crippen LogP contribution in [0.4, 0.5) is 5.13 Å². The maximum Gasteiger partial charge on any atom is 0.282 e. The lowest BCUT2D eigenvalue weighted by molar-refractivity contribution is 0.0376. The Kier molecular flexibility index (Phi) is 8.81. The Morgan fingerprint density at radius 1 is 1.19 bits per heavy atom. The second-order valence-electron chi connectivity index (χ2n) is 8.13. The van der Waals surface area contributed by atoms with Gasteiger partial charge in [0.2, 0.25) is 0 Å². The topological polar surface area (TPSA) is 80.9 Å². The van der Waals surface area contributed by atoms with E-state index in [1.165, 1.54) is 11.3 Å². The monoisotopic (exact) mass is 548 g/mol. The van der Waals surface area contributed by atoms with E-state index >= 15 is 0 Å². The summed E-state index contributed by atoms with van der Waals surface area (Å²) < 4.78 is 17.2. The lowest BCUT2D eigenvalue weighted by Gasteiger charge is -2.27. The third kappa shape index (κ3) is 5.66. The van der Waals surface area contributed by atoms with Gasteiger partial charge < -0.3 is 14.0 Å². The summed E-state index contributed by atoms with van der Waals surface area (Å²) in [4.78, 5) is 22.4. The zero-order valence-corrected chi connectivity index (χ0v) is 22.1. The number of amides is 1. The van der Waals surface area contributed by atoms with Gasteiger partial charge in [-0.05, 0) is 18.6 Å². The number of hydrogen-bond donors (Lipinski definition) is 0. The van der Waals surface area contributed by atoms with Crippen LogP contribution >= 0.6 is 35.3 Å². The molecule has 2 aromatic carbocycles. The van der Waals surface area contributed by atoms with Gasteiger partial charge in [-0.2, -0.15) is 0 Å². The molecule has 11 heteroatoms. The Hall–Kier alpha value is -2.69. The van der Waals surface area contributed by atoms with Crippen molar-refractivity contribution < 1.29 is 18.8 Å². The molecule has 0 saturated carbocycles. The quantitative estimate of drug-likeness (QED) is 0.291. The standard InChI is InChI=1S/C25H25ClN4O4S.ClH/c1-32-20-9-8-18(26)23-22(20)27-25(35-23)30(11-5-10-29-12-14-33-15-13-29)24(31)19-16-21(34-28-19)17-6-3-2-4-7-17;/h2-4,6-9,16H,5,10-15H2,1H3;1H. The molecule has 2 aromatic heterocycles. The van der Waals surface area contributed by atoms with E-state index in [-0.39, 0.29) is 24.0 Å². The first-order valence-electron chi connectivity index (χ1n) is 11.4. The molecule has 0 radical (unpaired) electrons. The number of hydrogen-bond acceptors (Lipinski definition) is 8. The summed E-state index contributed by atoms with van der Waals surface area (Å²) in [6.07, 6.45) is 0.774. The SMILES string of the molecule is COc1ccc(Cl)c2sc(N(CCCN3CCOCC3)C(=O)c3cc(-c4ccccc4)on3)nc12.Cl. The second kappa shape index (κ2) is 12.0. The van der Waals surface area contributed by atoms with Crippen LogP contribution in [-0.2, 0) is 4.74 Å². The number of benzene rings is 2. The van der Waals surface area contributed by atoms with Gasteiger partial charge in [0.15, 0.2) is 16.6 Å². The third-order valence-corrected chi connectivity index (χ3v) is 7.43. The lowest BCUT2D eigenvalue weighted by Crippen LogP contribution is -2.39. The molecule has 0 atom stereocenters. The maximum atomic E-state index is 13.7. The fourth-order valence-corrected chi connectivity index (χ4v) is 5.32. The van der Waals surface area contributed by atoms with Crippen molar-refractivity contribution in [3.05, 3.63) is 59.2 Å². The first-order valence-corrected chi connectivity index (χ1v) is 12.6. The second-order valence-corrected chi connectivity index (χ2v) is 9.52. The molecular formula is C25H26Cl2N4O4S. The summed E-state index contributed by atoms with van der Waals surface area (Å²) in [5.41, 5.74) is 1.72. The zero-order valence-electron chi connectivity index (χ0n) is 19.7. The van der Waals surface area contributed by atoms with Crippen molar-refractivity contribution in [2.24, 2.45) is 0 Å². The average molecular weight is 549 g/mol. The van der Waals surface area contributed by atoms with E-state index in [0.29, 0.717) is 33.7 Å². The number of rotatable bonds is 8. The van der Waals surface area contributed by atoms with Crippen molar-refractivity contribution in [3.63, 3.8) is 0 Å². The lowest BCUT2D eigenvalue weighted by atomic mass is 10.1. The van der Waals surface area contributed by atoms with Crippen LogP contribution in [0.25, 0.3) is 21.5 Å².